The van der Waals surface area contributed by atoms with Gasteiger partial charge in [-0.05, 0) is 49.9 Å². The van der Waals surface area contributed by atoms with Crippen LogP contribution < -0.4 is 0 Å². The molecule has 1 saturated carbocycles. The van der Waals surface area contributed by atoms with Crippen LogP contribution in [-0.4, -0.2) is 23.1 Å². The summed E-state index contributed by atoms with van der Waals surface area (Å²) < 4.78 is 0. The van der Waals surface area contributed by atoms with Gasteiger partial charge in [0.1, 0.15) is 5.75 Å². The van der Waals surface area contributed by atoms with E-state index in [2.05, 4.69) is 24.1 Å². The Morgan fingerprint density at radius 3 is 2.42 bits per heavy atom. The van der Waals surface area contributed by atoms with E-state index in [0.29, 0.717) is 11.8 Å². The second kappa shape index (κ2) is 5.54. The van der Waals surface area contributed by atoms with Crippen LogP contribution in [0.2, 0.25) is 0 Å². The van der Waals surface area contributed by atoms with E-state index in [1.165, 1.54) is 50.5 Å². The molecule has 2 aliphatic rings. The average molecular weight is 259 g/mol. The van der Waals surface area contributed by atoms with Crippen molar-refractivity contribution in [2.75, 3.05) is 7.05 Å². The summed E-state index contributed by atoms with van der Waals surface area (Å²) in [5, 5.41) is 9.39. The van der Waals surface area contributed by atoms with E-state index in [0.717, 1.165) is 12.0 Å². The van der Waals surface area contributed by atoms with Gasteiger partial charge >= 0.3 is 0 Å². The molecule has 104 valence electrons. The van der Waals surface area contributed by atoms with E-state index in [1.807, 2.05) is 12.1 Å². The van der Waals surface area contributed by atoms with Crippen molar-refractivity contribution in [2.45, 2.75) is 57.0 Å². The molecule has 1 saturated heterocycles. The normalized spacial score (nSPS) is 29.1. The van der Waals surface area contributed by atoms with Gasteiger partial charge in [0.2, 0.25) is 0 Å². The molecule has 1 aliphatic heterocycles. The van der Waals surface area contributed by atoms with Gasteiger partial charge in [0.25, 0.3) is 0 Å². The highest BCUT2D eigenvalue weighted by atomic mass is 16.3. The highest BCUT2D eigenvalue weighted by molar-refractivity contribution is 5.28. The van der Waals surface area contributed by atoms with Crippen LogP contribution in [0.4, 0.5) is 0 Å². The molecule has 19 heavy (non-hydrogen) atoms. The first-order valence-corrected chi connectivity index (χ1v) is 7.75. The van der Waals surface area contributed by atoms with Crippen LogP contribution >= 0.6 is 0 Å². The molecule has 1 heterocycles. The van der Waals surface area contributed by atoms with E-state index >= 15 is 0 Å². The number of aromatic hydroxyl groups is 1. The van der Waals surface area contributed by atoms with E-state index in [-0.39, 0.29) is 0 Å². The fourth-order valence-corrected chi connectivity index (χ4v) is 4.03. The number of phenolic OH excluding ortho intramolecular Hbond substituents is 1. The second-order valence-corrected chi connectivity index (χ2v) is 6.39. The third-order valence-corrected chi connectivity index (χ3v) is 5.20. The summed E-state index contributed by atoms with van der Waals surface area (Å²) in [7, 11) is 2.28. The van der Waals surface area contributed by atoms with Crippen molar-refractivity contribution in [3.8, 4) is 5.75 Å². The van der Waals surface area contributed by atoms with Crippen molar-refractivity contribution < 1.29 is 5.11 Å². The predicted octanol–water partition coefficient (Wildman–Crippen LogP) is 4.11. The quantitative estimate of drug-likeness (QED) is 0.883. The molecular weight excluding hydrogens is 234 g/mol. The molecule has 0 unspecified atom stereocenters. The standard InChI is InChI=1S/C17H25NO/c1-18-15(12-13-4-2-3-5-13)8-11-17(18)14-6-9-16(19)10-7-14/h6-7,9-10,13,15,17,19H,2-5,8,11-12H2,1H3/t15-,17+/m0/s1. The highest BCUT2D eigenvalue weighted by Gasteiger charge is 2.33. The lowest BCUT2D eigenvalue weighted by molar-refractivity contribution is 0.212. The van der Waals surface area contributed by atoms with E-state index in [9.17, 15) is 5.11 Å². The summed E-state index contributed by atoms with van der Waals surface area (Å²) in [4.78, 5) is 2.57. The van der Waals surface area contributed by atoms with Crippen molar-refractivity contribution in [3.63, 3.8) is 0 Å². The molecule has 3 rings (SSSR count). The van der Waals surface area contributed by atoms with Crippen molar-refractivity contribution in [2.24, 2.45) is 5.92 Å². The summed E-state index contributed by atoms with van der Waals surface area (Å²) in [6.07, 6.45) is 9.79. The van der Waals surface area contributed by atoms with Gasteiger partial charge in [-0.2, -0.15) is 0 Å². The first-order chi connectivity index (χ1) is 9.24. The molecule has 2 fully saturated rings. The van der Waals surface area contributed by atoms with E-state index < -0.39 is 0 Å². The largest absolute Gasteiger partial charge is 0.508 e. The zero-order valence-corrected chi connectivity index (χ0v) is 11.9. The molecule has 0 spiro atoms. The van der Waals surface area contributed by atoms with Crippen molar-refractivity contribution >= 4 is 0 Å². The third kappa shape index (κ3) is 2.79. The Kier molecular flexibility index (Phi) is 3.79. The number of benzene rings is 1. The molecule has 1 N–H and O–H groups in total. The van der Waals surface area contributed by atoms with Gasteiger partial charge < -0.3 is 5.11 Å². The first kappa shape index (κ1) is 13.0. The second-order valence-electron chi connectivity index (χ2n) is 6.39. The summed E-state index contributed by atoms with van der Waals surface area (Å²) >= 11 is 0. The maximum absolute atomic E-state index is 9.39. The molecule has 2 heteroatoms. The maximum Gasteiger partial charge on any atom is 0.115 e. The first-order valence-electron chi connectivity index (χ1n) is 7.75. The van der Waals surface area contributed by atoms with Gasteiger partial charge in [-0.3, -0.25) is 4.90 Å². The van der Waals surface area contributed by atoms with Crippen molar-refractivity contribution in [1.82, 2.24) is 4.90 Å². The van der Waals surface area contributed by atoms with Crippen LogP contribution in [0.3, 0.4) is 0 Å². The monoisotopic (exact) mass is 259 g/mol. The number of nitrogens with zero attached hydrogens (tertiary/aromatic N) is 1. The minimum absolute atomic E-state index is 0.368. The molecule has 2 atom stereocenters. The lowest BCUT2D eigenvalue weighted by atomic mass is 9.97. The summed E-state index contributed by atoms with van der Waals surface area (Å²) in [6, 6.07) is 9.10. The lowest BCUT2D eigenvalue weighted by Gasteiger charge is -2.28. The number of likely N-dealkylation sites (tertiary alicyclic amines) is 1. The van der Waals surface area contributed by atoms with Crippen LogP contribution in [0.5, 0.6) is 5.75 Å². The molecule has 2 nitrogen and oxygen atoms in total. The SMILES string of the molecule is CN1[C@H](CC2CCCC2)CC[C@@H]1c1ccc(O)cc1. The molecule has 1 aliphatic carbocycles. The minimum Gasteiger partial charge on any atom is -0.508 e. The van der Waals surface area contributed by atoms with Gasteiger partial charge in [0.05, 0.1) is 0 Å². The number of hydrogen-bond acceptors (Lipinski definition) is 2. The van der Waals surface area contributed by atoms with Gasteiger partial charge in [0.15, 0.2) is 0 Å². The van der Waals surface area contributed by atoms with Gasteiger partial charge in [-0.15, -0.1) is 0 Å². The Hall–Kier alpha value is -1.02. The Bertz CT molecular complexity index is 408. The Morgan fingerprint density at radius 1 is 1.05 bits per heavy atom. The lowest BCUT2D eigenvalue weighted by Crippen LogP contribution is -2.29. The zero-order valence-electron chi connectivity index (χ0n) is 11.9. The van der Waals surface area contributed by atoms with Gasteiger partial charge in [0, 0.05) is 12.1 Å². The number of hydrogen-bond donors (Lipinski definition) is 1. The molecule has 0 bridgehead atoms. The molecule has 1 aromatic rings. The van der Waals surface area contributed by atoms with Gasteiger partial charge in [-0.25, -0.2) is 0 Å². The summed E-state index contributed by atoms with van der Waals surface area (Å²) in [6.45, 7) is 0. The van der Waals surface area contributed by atoms with Crippen LogP contribution in [0.15, 0.2) is 24.3 Å². The van der Waals surface area contributed by atoms with E-state index in [4.69, 9.17) is 0 Å². The summed E-state index contributed by atoms with van der Waals surface area (Å²) in [5.74, 6) is 1.35. The Labute approximate surface area is 116 Å². The highest BCUT2D eigenvalue weighted by Crippen LogP contribution is 2.39. The van der Waals surface area contributed by atoms with Crippen LogP contribution in [0.25, 0.3) is 0 Å². The topological polar surface area (TPSA) is 23.5 Å². The smallest absolute Gasteiger partial charge is 0.115 e. The molecule has 0 amide bonds. The summed E-state index contributed by atoms with van der Waals surface area (Å²) in [5.41, 5.74) is 1.36. The number of rotatable bonds is 3. The van der Waals surface area contributed by atoms with Gasteiger partial charge in [-0.1, -0.05) is 37.8 Å². The predicted molar refractivity (Wildman–Crippen MR) is 78.2 cm³/mol. The van der Waals surface area contributed by atoms with Crippen molar-refractivity contribution in [3.05, 3.63) is 29.8 Å². The van der Waals surface area contributed by atoms with Crippen LogP contribution in [0.1, 0.15) is 56.6 Å². The minimum atomic E-state index is 0.368. The zero-order chi connectivity index (χ0) is 13.2. The van der Waals surface area contributed by atoms with E-state index in [1.54, 1.807) is 0 Å². The molecule has 0 radical (unpaired) electrons. The van der Waals surface area contributed by atoms with Crippen LogP contribution in [-0.2, 0) is 0 Å². The molecule has 0 aromatic heterocycles. The van der Waals surface area contributed by atoms with Crippen molar-refractivity contribution in [1.29, 1.82) is 0 Å². The fraction of sp³-hybridized carbons (Fsp3) is 0.647. The number of phenols is 1. The maximum atomic E-state index is 9.39. The fourth-order valence-electron chi connectivity index (χ4n) is 4.03. The third-order valence-electron chi connectivity index (χ3n) is 5.20. The molecular formula is C17H25NO. The Morgan fingerprint density at radius 2 is 1.74 bits per heavy atom. The Balaban J connectivity index is 1.64. The molecule has 1 aromatic carbocycles. The van der Waals surface area contributed by atoms with Crippen LogP contribution in [0, 0.1) is 5.92 Å². The average Bonchev–Trinajstić information content (AvgIpc) is 3.03.